The molecule has 0 aliphatic carbocycles. The maximum atomic E-state index is 12.1. The van der Waals surface area contributed by atoms with Crippen molar-refractivity contribution in [3.05, 3.63) is 17.5 Å². The van der Waals surface area contributed by atoms with E-state index < -0.39 is 21.5 Å². The molecule has 0 amide bonds. The molecule has 0 saturated heterocycles. The summed E-state index contributed by atoms with van der Waals surface area (Å²) in [6.45, 7) is 7.63. The van der Waals surface area contributed by atoms with Crippen molar-refractivity contribution in [1.29, 1.82) is 0 Å². The zero-order valence-corrected chi connectivity index (χ0v) is 12.1. The number of carboxylic acids is 1. The Morgan fingerprint density at radius 2 is 2.11 bits per heavy atom. The molecule has 0 saturated carbocycles. The van der Waals surface area contributed by atoms with Gasteiger partial charge < -0.3 is 5.11 Å². The van der Waals surface area contributed by atoms with Crippen molar-refractivity contribution in [3.8, 4) is 0 Å². The van der Waals surface area contributed by atoms with E-state index in [4.69, 9.17) is 5.11 Å². The number of carboxylic acid groups (broad SMARTS) is 1. The van der Waals surface area contributed by atoms with Gasteiger partial charge in [0.25, 0.3) is 0 Å². The van der Waals surface area contributed by atoms with Gasteiger partial charge in [-0.15, -0.1) is 0 Å². The fraction of sp³-hybridized carbons (Fsp3) is 0.667. The Morgan fingerprint density at radius 1 is 1.50 bits per heavy atom. The number of aromatic nitrogens is 2. The Balaban J connectivity index is 2.94. The van der Waals surface area contributed by atoms with Crippen LogP contribution in [0.15, 0.2) is 6.07 Å². The molecule has 1 aromatic rings. The van der Waals surface area contributed by atoms with Gasteiger partial charge in [-0.25, -0.2) is 0 Å². The Kier molecular flexibility index (Phi) is 4.67. The van der Waals surface area contributed by atoms with Crippen molar-refractivity contribution in [1.82, 2.24) is 9.78 Å². The molecule has 0 aromatic carbocycles. The van der Waals surface area contributed by atoms with Crippen LogP contribution in [0.4, 0.5) is 0 Å². The van der Waals surface area contributed by atoms with Crippen molar-refractivity contribution >= 4 is 16.8 Å². The first-order chi connectivity index (χ1) is 8.32. The molecule has 1 atom stereocenters. The molecule has 0 fully saturated rings. The van der Waals surface area contributed by atoms with E-state index in [1.54, 1.807) is 4.68 Å². The molecule has 0 bridgehead atoms. The fourth-order valence-electron chi connectivity index (χ4n) is 1.49. The normalized spacial score (nSPS) is 13.6. The van der Waals surface area contributed by atoms with Crippen molar-refractivity contribution in [2.75, 3.05) is 0 Å². The van der Waals surface area contributed by atoms with Crippen LogP contribution in [0.3, 0.4) is 0 Å². The lowest BCUT2D eigenvalue weighted by Crippen LogP contribution is -2.37. The summed E-state index contributed by atoms with van der Waals surface area (Å²) in [5, 5.41) is 13.4. The first-order valence-electron chi connectivity index (χ1n) is 6.00. The summed E-state index contributed by atoms with van der Waals surface area (Å²) >= 11 is 0. The third-order valence-electron chi connectivity index (χ3n) is 2.94. The van der Waals surface area contributed by atoms with E-state index in [2.05, 4.69) is 5.10 Å². The molecular formula is C12H20N2O3S. The van der Waals surface area contributed by atoms with Gasteiger partial charge in [0.1, 0.15) is 4.75 Å². The van der Waals surface area contributed by atoms with Gasteiger partial charge in [0.05, 0.1) is 17.1 Å². The lowest BCUT2D eigenvalue weighted by atomic mass is 10.2. The van der Waals surface area contributed by atoms with Crippen LogP contribution in [-0.4, -0.2) is 29.8 Å². The van der Waals surface area contributed by atoms with Gasteiger partial charge >= 0.3 is 5.97 Å². The number of hydrogen-bond donors (Lipinski definition) is 1. The topological polar surface area (TPSA) is 72.2 Å². The monoisotopic (exact) mass is 272 g/mol. The number of carbonyl (C=O) groups is 1. The zero-order valence-electron chi connectivity index (χ0n) is 11.3. The first-order valence-corrected chi connectivity index (χ1v) is 7.32. The molecule has 1 unspecified atom stereocenters. The maximum absolute atomic E-state index is 12.1. The highest BCUT2D eigenvalue weighted by Gasteiger charge is 2.34. The van der Waals surface area contributed by atoms with Crippen molar-refractivity contribution in [2.45, 2.75) is 51.2 Å². The van der Waals surface area contributed by atoms with Crippen LogP contribution in [0.1, 0.15) is 39.1 Å². The Morgan fingerprint density at radius 3 is 2.56 bits per heavy atom. The number of rotatable bonds is 6. The summed E-state index contributed by atoms with van der Waals surface area (Å²) in [6.07, 6.45) is 0.814. The van der Waals surface area contributed by atoms with E-state index in [1.807, 2.05) is 19.9 Å². The summed E-state index contributed by atoms with van der Waals surface area (Å²) < 4.78 is 12.7. The fourth-order valence-corrected chi connectivity index (χ4v) is 2.55. The standard InChI is InChI=1S/C12H20N2O3S/c1-5-9-7-10(14(6-2)13-9)8-18(17)12(3,4)11(15)16/h7H,5-6,8H2,1-4H3,(H,15,16). The average Bonchev–Trinajstić information content (AvgIpc) is 2.71. The van der Waals surface area contributed by atoms with Gasteiger partial charge in [-0.2, -0.15) is 5.10 Å². The molecule has 1 N–H and O–H groups in total. The molecule has 1 heterocycles. The van der Waals surface area contributed by atoms with E-state index in [1.165, 1.54) is 13.8 Å². The van der Waals surface area contributed by atoms with Crippen molar-refractivity contribution < 1.29 is 14.1 Å². The van der Waals surface area contributed by atoms with Crippen molar-refractivity contribution in [3.63, 3.8) is 0 Å². The van der Waals surface area contributed by atoms with Crippen LogP contribution in [0.25, 0.3) is 0 Å². The predicted octanol–water partition coefficient (Wildman–Crippen LogP) is 1.58. The van der Waals surface area contributed by atoms with E-state index >= 15 is 0 Å². The van der Waals surface area contributed by atoms with Crippen LogP contribution >= 0.6 is 0 Å². The molecule has 1 aromatic heterocycles. The Bertz CT molecular complexity index is 466. The second kappa shape index (κ2) is 5.65. The highest BCUT2D eigenvalue weighted by atomic mass is 32.2. The minimum absolute atomic E-state index is 0.222. The largest absolute Gasteiger partial charge is 0.480 e. The summed E-state index contributed by atoms with van der Waals surface area (Å²) in [7, 11) is -1.47. The number of aliphatic carboxylic acids is 1. The molecule has 0 radical (unpaired) electrons. The third kappa shape index (κ3) is 2.98. The number of aryl methyl sites for hydroxylation is 2. The molecule has 0 aliphatic rings. The lowest BCUT2D eigenvalue weighted by Gasteiger charge is -2.18. The summed E-state index contributed by atoms with van der Waals surface area (Å²) in [6, 6.07) is 1.90. The summed E-state index contributed by atoms with van der Waals surface area (Å²) in [5.74, 6) is -0.820. The lowest BCUT2D eigenvalue weighted by molar-refractivity contribution is -0.139. The minimum atomic E-state index is -1.47. The second-order valence-corrected chi connectivity index (χ2v) is 6.60. The molecule has 0 spiro atoms. The van der Waals surface area contributed by atoms with Gasteiger partial charge in [0, 0.05) is 17.3 Å². The van der Waals surface area contributed by atoms with E-state index in [9.17, 15) is 9.00 Å². The SMILES string of the molecule is CCc1cc(CS(=O)C(C)(C)C(=O)O)n(CC)n1. The first kappa shape index (κ1) is 14.9. The smallest absolute Gasteiger partial charge is 0.321 e. The number of hydrogen-bond acceptors (Lipinski definition) is 3. The average molecular weight is 272 g/mol. The molecular weight excluding hydrogens is 252 g/mol. The van der Waals surface area contributed by atoms with Gasteiger partial charge in [0.2, 0.25) is 0 Å². The van der Waals surface area contributed by atoms with Crippen LogP contribution in [0.5, 0.6) is 0 Å². The number of nitrogens with zero attached hydrogens (tertiary/aromatic N) is 2. The van der Waals surface area contributed by atoms with Gasteiger partial charge in [-0.05, 0) is 33.3 Å². The quantitative estimate of drug-likeness (QED) is 0.853. The molecule has 102 valence electrons. The third-order valence-corrected chi connectivity index (χ3v) is 4.81. The predicted molar refractivity (Wildman–Crippen MR) is 70.8 cm³/mol. The van der Waals surface area contributed by atoms with Gasteiger partial charge in [0.15, 0.2) is 0 Å². The Labute approximate surface area is 110 Å². The van der Waals surface area contributed by atoms with E-state index in [0.717, 1.165) is 17.8 Å². The minimum Gasteiger partial charge on any atom is -0.480 e. The Hall–Kier alpha value is -1.17. The molecule has 0 aliphatic heterocycles. The summed E-state index contributed by atoms with van der Waals surface area (Å²) in [5.41, 5.74) is 1.78. The highest BCUT2D eigenvalue weighted by molar-refractivity contribution is 7.86. The summed E-state index contributed by atoms with van der Waals surface area (Å²) in [4.78, 5) is 11.1. The van der Waals surface area contributed by atoms with Gasteiger partial charge in [-0.3, -0.25) is 13.7 Å². The second-order valence-electron chi connectivity index (χ2n) is 4.60. The van der Waals surface area contributed by atoms with Crippen LogP contribution in [0.2, 0.25) is 0 Å². The van der Waals surface area contributed by atoms with Crippen LogP contribution < -0.4 is 0 Å². The van der Waals surface area contributed by atoms with Crippen molar-refractivity contribution in [2.24, 2.45) is 0 Å². The van der Waals surface area contributed by atoms with E-state index in [0.29, 0.717) is 6.54 Å². The van der Waals surface area contributed by atoms with Crippen LogP contribution in [-0.2, 0) is 34.3 Å². The van der Waals surface area contributed by atoms with Crippen LogP contribution in [0, 0.1) is 0 Å². The van der Waals surface area contributed by atoms with Gasteiger partial charge in [-0.1, -0.05) is 6.92 Å². The molecule has 18 heavy (non-hydrogen) atoms. The maximum Gasteiger partial charge on any atom is 0.321 e. The zero-order chi connectivity index (χ0) is 13.9. The van der Waals surface area contributed by atoms with E-state index in [-0.39, 0.29) is 5.75 Å². The molecule has 1 rings (SSSR count). The highest BCUT2D eigenvalue weighted by Crippen LogP contribution is 2.18. The molecule has 5 nitrogen and oxygen atoms in total. The molecule has 6 heteroatoms.